The molecule has 0 nitrogen and oxygen atoms in total. The molecule has 0 unspecified atom stereocenters. The third-order valence-corrected chi connectivity index (χ3v) is 10.8. The van der Waals surface area contributed by atoms with Gasteiger partial charge in [-0.05, 0) is 28.4 Å². The molecule has 250 valence electrons. The van der Waals surface area contributed by atoms with Crippen molar-refractivity contribution in [2.75, 3.05) is 0 Å². The molecular formula is C45H50Cl2Zr-2. The Balaban J connectivity index is 0.000000202. The fourth-order valence-corrected chi connectivity index (χ4v) is 7.36. The van der Waals surface area contributed by atoms with Gasteiger partial charge in [0.05, 0.1) is 0 Å². The molecule has 0 aromatic heterocycles. The fraction of sp³-hybridized carbons (Fsp3) is 0.356. The van der Waals surface area contributed by atoms with Gasteiger partial charge in [0.1, 0.15) is 0 Å². The maximum absolute atomic E-state index is 3.67. The van der Waals surface area contributed by atoms with E-state index in [9.17, 15) is 0 Å². The van der Waals surface area contributed by atoms with Crippen LogP contribution in [0.1, 0.15) is 113 Å². The van der Waals surface area contributed by atoms with E-state index in [1.807, 2.05) is 0 Å². The number of halogens is 2. The van der Waals surface area contributed by atoms with Gasteiger partial charge in [0.15, 0.2) is 0 Å². The molecule has 4 aromatic rings. The fourth-order valence-electron chi connectivity index (χ4n) is 6.54. The molecule has 4 aromatic carbocycles. The summed E-state index contributed by atoms with van der Waals surface area (Å²) >= 11 is 1.46. The molecule has 0 bridgehead atoms. The first kappa shape index (κ1) is 40.1. The number of benzene rings is 4. The van der Waals surface area contributed by atoms with Crippen molar-refractivity contribution >= 4 is 3.21 Å². The predicted octanol–water partition coefficient (Wildman–Crippen LogP) is 5.72. The van der Waals surface area contributed by atoms with E-state index in [1.54, 1.807) is 5.57 Å². The first-order valence-corrected chi connectivity index (χ1v) is 18.4. The van der Waals surface area contributed by atoms with Crippen molar-refractivity contribution in [2.24, 2.45) is 5.92 Å². The van der Waals surface area contributed by atoms with Gasteiger partial charge in [-0.3, -0.25) is 6.08 Å². The Bertz CT molecular complexity index is 1580. The molecule has 0 spiro atoms. The summed E-state index contributed by atoms with van der Waals surface area (Å²) in [4.78, 5) is 0. The van der Waals surface area contributed by atoms with E-state index in [0.29, 0.717) is 0 Å². The average Bonchev–Trinajstić information content (AvgIpc) is 3.74. The van der Waals surface area contributed by atoms with Gasteiger partial charge in [-0.25, -0.2) is 6.08 Å². The van der Waals surface area contributed by atoms with Gasteiger partial charge in [0.2, 0.25) is 0 Å². The van der Waals surface area contributed by atoms with Crippen LogP contribution in [0.15, 0.2) is 109 Å². The Morgan fingerprint density at radius 2 is 1.27 bits per heavy atom. The normalized spacial score (nSPS) is 14.9. The van der Waals surface area contributed by atoms with Crippen molar-refractivity contribution in [3.8, 4) is 11.1 Å². The van der Waals surface area contributed by atoms with Gasteiger partial charge in [-0.1, -0.05) is 103 Å². The quantitative estimate of drug-likeness (QED) is 0.207. The zero-order valence-corrected chi connectivity index (χ0v) is 33.6. The van der Waals surface area contributed by atoms with E-state index in [-0.39, 0.29) is 35.6 Å². The summed E-state index contributed by atoms with van der Waals surface area (Å²) in [5.41, 5.74) is 12.9. The molecule has 0 atom stereocenters. The topological polar surface area (TPSA) is 0 Å². The van der Waals surface area contributed by atoms with E-state index >= 15 is 0 Å². The molecular weight excluding hydrogens is 703 g/mol. The van der Waals surface area contributed by atoms with E-state index in [2.05, 4.69) is 157 Å². The Morgan fingerprint density at radius 1 is 0.688 bits per heavy atom. The molecule has 1 fully saturated rings. The molecule has 0 amide bonds. The van der Waals surface area contributed by atoms with Crippen molar-refractivity contribution in [2.45, 2.75) is 97.3 Å². The second-order valence-electron chi connectivity index (χ2n) is 15.0. The Labute approximate surface area is 318 Å². The summed E-state index contributed by atoms with van der Waals surface area (Å²) in [6.45, 7) is 13.6. The molecule has 0 saturated heterocycles. The molecule has 0 radical (unpaired) electrons. The minimum absolute atomic E-state index is 0. The molecule has 3 aliphatic carbocycles. The number of rotatable bonds is 3. The van der Waals surface area contributed by atoms with E-state index in [0.717, 1.165) is 18.8 Å². The van der Waals surface area contributed by atoms with Crippen LogP contribution >= 0.6 is 0 Å². The predicted molar refractivity (Wildman–Crippen MR) is 194 cm³/mol. The van der Waals surface area contributed by atoms with Crippen LogP contribution in [-0.2, 0) is 41.5 Å². The molecule has 0 aliphatic heterocycles. The van der Waals surface area contributed by atoms with Crippen molar-refractivity contribution in [1.82, 2.24) is 0 Å². The molecule has 1 saturated carbocycles. The minimum atomic E-state index is 0. The molecule has 3 heteroatoms. The third kappa shape index (κ3) is 10.6. The zero-order valence-electron chi connectivity index (χ0n) is 29.6. The molecule has 7 rings (SSSR count). The van der Waals surface area contributed by atoms with Crippen LogP contribution in [0.4, 0.5) is 0 Å². The van der Waals surface area contributed by atoms with Crippen molar-refractivity contribution in [3.63, 3.8) is 0 Å². The van der Waals surface area contributed by atoms with Gasteiger partial charge in [0.25, 0.3) is 0 Å². The van der Waals surface area contributed by atoms with Gasteiger partial charge >= 0.3 is 99.2 Å². The second-order valence-corrected chi connectivity index (χ2v) is 16.2. The van der Waals surface area contributed by atoms with Crippen LogP contribution in [0.25, 0.3) is 11.1 Å². The van der Waals surface area contributed by atoms with Crippen molar-refractivity contribution < 1.29 is 49.0 Å². The molecule has 48 heavy (non-hydrogen) atoms. The van der Waals surface area contributed by atoms with E-state index in [4.69, 9.17) is 0 Å². The summed E-state index contributed by atoms with van der Waals surface area (Å²) in [7, 11) is 0. The van der Waals surface area contributed by atoms with Crippen LogP contribution in [0.3, 0.4) is 0 Å². The summed E-state index contributed by atoms with van der Waals surface area (Å²) in [6.07, 6.45) is 17.1. The van der Waals surface area contributed by atoms with Gasteiger partial charge in [0, 0.05) is 0 Å². The molecule has 0 heterocycles. The van der Waals surface area contributed by atoms with Gasteiger partial charge in [-0.15, -0.1) is 17.5 Å². The summed E-state index contributed by atoms with van der Waals surface area (Å²) in [6, 6.07) is 36.3. The standard InChI is InChI=1S/C21H25.C13H10.C11H15.2ClH.Zr/c1-20(2,3)16-7-9-18-14(12-16)11-15-13-17(21(4,5)6)8-10-19(15)18;1-3-7-12(8-4-1)11-13-9-5-2-6-10-13;1-2-6-10(7-3-1)11-8-4-5-9-11;;;/h7-10,12H,11H2,1-6H3;1-10H;8-10H,1-4,6-7H2;2*1H;/q-1;;-1;;;+2/p-2. The maximum atomic E-state index is 3.67. The van der Waals surface area contributed by atoms with E-state index in [1.165, 1.54) is 104 Å². The summed E-state index contributed by atoms with van der Waals surface area (Å²) in [5.74, 6) is 0.888. The van der Waals surface area contributed by atoms with Crippen LogP contribution in [-0.4, -0.2) is 3.21 Å². The average molecular weight is 753 g/mol. The number of allylic oxidation sites excluding steroid dienone is 4. The third-order valence-electron chi connectivity index (χ3n) is 9.39. The Hall–Kier alpha value is -2.31. The monoisotopic (exact) mass is 750 g/mol. The number of fused-ring (bicyclic) bond motifs is 3. The van der Waals surface area contributed by atoms with E-state index < -0.39 is 0 Å². The molecule has 3 aliphatic rings. The summed E-state index contributed by atoms with van der Waals surface area (Å²) < 4.78 is 1.42. The first-order valence-electron chi connectivity index (χ1n) is 17.2. The number of hydrogen-bond acceptors (Lipinski definition) is 0. The van der Waals surface area contributed by atoms with Crippen LogP contribution < -0.4 is 24.8 Å². The van der Waals surface area contributed by atoms with Gasteiger partial charge in [-0.2, -0.15) is 35.4 Å². The Kier molecular flexibility index (Phi) is 15.1. The van der Waals surface area contributed by atoms with Crippen molar-refractivity contribution in [3.05, 3.63) is 154 Å². The Morgan fingerprint density at radius 3 is 1.79 bits per heavy atom. The van der Waals surface area contributed by atoms with Gasteiger partial charge < -0.3 is 24.8 Å². The second kappa shape index (κ2) is 18.1. The van der Waals surface area contributed by atoms with Crippen LogP contribution in [0.5, 0.6) is 0 Å². The zero-order chi connectivity index (χ0) is 32.7. The first-order chi connectivity index (χ1) is 22.0. The summed E-state index contributed by atoms with van der Waals surface area (Å²) in [5, 5.41) is 0. The SMILES string of the molecule is CC(C)(C)c1[c-]c2c(cc1)-c1ccc(C(C)(C)C)cc1C2.[C-]1=CC(C2CCCCC2)=CC1.[Cl-].[Cl-].[Zr+2]=[C](c1ccccc1)c1ccccc1. The van der Waals surface area contributed by atoms with Crippen molar-refractivity contribution in [1.29, 1.82) is 0 Å². The van der Waals surface area contributed by atoms with Crippen LogP contribution in [0, 0.1) is 18.1 Å². The number of hydrogen-bond donors (Lipinski definition) is 0. The van der Waals surface area contributed by atoms with Crippen LogP contribution in [0.2, 0.25) is 0 Å². The molecule has 0 N–H and O–H groups in total.